The van der Waals surface area contributed by atoms with E-state index in [2.05, 4.69) is 44.6 Å². The molecule has 160 valence electrons. The molecule has 0 aromatic heterocycles. The summed E-state index contributed by atoms with van der Waals surface area (Å²) in [6, 6.07) is 16.0. The van der Waals surface area contributed by atoms with Crippen LogP contribution in [0.2, 0.25) is 0 Å². The van der Waals surface area contributed by atoms with E-state index in [9.17, 15) is 4.79 Å². The molecule has 1 saturated heterocycles. The Bertz CT molecular complexity index is 834. The molecule has 3 rings (SSSR count). The number of ether oxygens (including phenoxy) is 2. The first-order valence-electron chi connectivity index (χ1n) is 10.2. The predicted octanol–water partition coefficient (Wildman–Crippen LogP) is 2.36. The van der Waals surface area contributed by atoms with Gasteiger partial charge in [0.2, 0.25) is 5.91 Å². The molecular weight excluding hydrogens is 380 g/mol. The van der Waals surface area contributed by atoms with Crippen LogP contribution in [0.1, 0.15) is 17.5 Å². The number of benzene rings is 2. The minimum absolute atomic E-state index is 0.0848. The molecule has 0 saturated carbocycles. The van der Waals surface area contributed by atoms with Gasteiger partial charge in [0.1, 0.15) is 0 Å². The highest BCUT2D eigenvalue weighted by molar-refractivity contribution is 5.83. The molecule has 1 aliphatic rings. The van der Waals surface area contributed by atoms with Crippen LogP contribution in [0.25, 0.3) is 0 Å². The third-order valence-corrected chi connectivity index (χ3v) is 5.18. The van der Waals surface area contributed by atoms with E-state index in [-0.39, 0.29) is 5.91 Å². The summed E-state index contributed by atoms with van der Waals surface area (Å²) >= 11 is 0. The summed E-state index contributed by atoms with van der Waals surface area (Å²) in [4.78, 5) is 16.9. The van der Waals surface area contributed by atoms with Gasteiger partial charge in [-0.2, -0.15) is 5.10 Å². The highest BCUT2D eigenvalue weighted by Crippen LogP contribution is 2.26. The topological polar surface area (TPSA) is 66.4 Å². The number of methoxy groups -OCH3 is 2. The molecule has 2 aromatic rings. The van der Waals surface area contributed by atoms with E-state index in [1.165, 1.54) is 5.56 Å². The molecule has 1 amide bonds. The monoisotopic (exact) mass is 410 g/mol. The Kier molecular flexibility index (Phi) is 8.23. The lowest BCUT2D eigenvalue weighted by molar-refractivity contribution is -0.121. The van der Waals surface area contributed by atoms with Crippen molar-refractivity contribution in [2.75, 3.05) is 46.9 Å². The lowest BCUT2D eigenvalue weighted by Gasteiger charge is -2.34. The summed E-state index contributed by atoms with van der Waals surface area (Å²) in [5.74, 6) is 1.19. The number of amides is 1. The minimum Gasteiger partial charge on any atom is -0.493 e. The fourth-order valence-electron chi connectivity index (χ4n) is 3.44. The van der Waals surface area contributed by atoms with Gasteiger partial charge in [0.15, 0.2) is 11.5 Å². The van der Waals surface area contributed by atoms with Crippen LogP contribution in [0, 0.1) is 0 Å². The zero-order chi connectivity index (χ0) is 21.2. The minimum atomic E-state index is -0.0848. The molecule has 0 radical (unpaired) electrons. The Morgan fingerprint density at radius 3 is 2.40 bits per heavy atom. The highest BCUT2D eigenvalue weighted by Gasteiger charge is 2.17. The van der Waals surface area contributed by atoms with E-state index in [1.807, 2.05) is 18.2 Å². The maximum Gasteiger partial charge on any atom is 0.241 e. The zero-order valence-electron chi connectivity index (χ0n) is 17.7. The number of carbonyl (C=O) groups excluding carboxylic acids is 1. The molecular formula is C23H30N4O3. The van der Waals surface area contributed by atoms with E-state index < -0.39 is 0 Å². The first-order valence-corrected chi connectivity index (χ1v) is 10.2. The number of nitrogens with one attached hydrogen (secondary N) is 1. The van der Waals surface area contributed by atoms with Gasteiger partial charge < -0.3 is 14.4 Å². The molecule has 2 aromatic carbocycles. The van der Waals surface area contributed by atoms with Gasteiger partial charge >= 0.3 is 0 Å². The molecule has 7 nitrogen and oxygen atoms in total. The molecule has 0 aliphatic carbocycles. The van der Waals surface area contributed by atoms with Gasteiger partial charge in [0.05, 0.1) is 20.4 Å². The summed E-state index contributed by atoms with van der Waals surface area (Å²) in [5, 5.41) is 4.05. The Morgan fingerprint density at radius 1 is 1.00 bits per heavy atom. The number of carbonyl (C=O) groups is 1. The lowest BCUT2D eigenvalue weighted by atomic mass is 10.2. The predicted molar refractivity (Wildman–Crippen MR) is 118 cm³/mol. The largest absolute Gasteiger partial charge is 0.493 e. The van der Waals surface area contributed by atoms with Crippen LogP contribution in [0.4, 0.5) is 0 Å². The van der Waals surface area contributed by atoms with Crippen molar-refractivity contribution in [1.29, 1.82) is 0 Å². The zero-order valence-corrected chi connectivity index (χ0v) is 17.7. The SMILES string of the molecule is COc1ccc(C=NNC(=O)CCN2CCN(Cc3ccccc3)CC2)cc1OC. The van der Waals surface area contributed by atoms with E-state index >= 15 is 0 Å². The van der Waals surface area contributed by atoms with Crippen molar-refractivity contribution >= 4 is 12.1 Å². The van der Waals surface area contributed by atoms with Crippen LogP contribution in [-0.4, -0.2) is 68.9 Å². The molecule has 0 bridgehead atoms. The summed E-state index contributed by atoms with van der Waals surface area (Å²) in [6.45, 7) is 5.74. The quantitative estimate of drug-likeness (QED) is 0.508. The molecule has 1 heterocycles. The van der Waals surface area contributed by atoms with Crippen molar-refractivity contribution in [3.05, 3.63) is 59.7 Å². The smallest absolute Gasteiger partial charge is 0.241 e. The first kappa shape index (κ1) is 21.8. The Labute approximate surface area is 178 Å². The molecule has 7 heteroatoms. The summed E-state index contributed by atoms with van der Waals surface area (Å²) in [7, 11) is 3.18. The molecule has 0 unspecified atom stereocenters. The van der Waals surface area contributed by atoms with Gasteiger partial charge in [-0.3, -0.25) is 9.69 Å². The van der Waals surface area contributed by atoms with Crippen LogP contribution >= 0.6 is 0 Å². The molecule has 1 N–H and O–H groups in total. The molecule has 1 fully saturated rings. The molecule has 0 atom stereocenters. The van der Waals surface area contributed by atoms with Gasteiger partial charge in [-0.15, -0.1) is 0 Å². The van der Waals surface area contributed by atoms with Crippen molar-refractivity contribution in [3.63, 3.8) is 0 Å². The summed E-state index contributed by atoms with van der Waals surface area (Å²) < 4.78 is 10.5. The standard InChI is InChI=1S/C23H30N4O3/c1-29-21-9-8-20(16-22(21)30-2)17-24-25-23(28)10-11-26-12-14-27(15-13-26)18-19-6-4-3-5-7-19/h3-9,16-17H,10-15,18H2,1-2H3,(H,25,28). The second kappa shape index (κ2) is 11.3. The Balaban J connectivity index is 1.36. The molecule has 0 spiro atoms. The maximum atomic E-state index is 12.1. The van der Waals surface area contributed by atoms with Crippen LogP contribution in [-0.2, 0) is 11.3 Å². The van der Waals surface area contributed by atoms with Crippen molar-refractivity contribution in [1.82, 2.24) is 15.2 Å². The Morgan fingerprint density at radius 2 is 1.70 bits per heavy atom. The van der Waals surface area contributed by atoms with E-state index in [0.29, 0.717) is 17.9 Å². The summed E-state index contributed by atoms with van der Waals surface area (Å²) in [5.41, 5.74) is 4.77. The van der Waals surface area contributed by atoms with Crippen LogP contribution < -0.4 is 14.9 Å². The number of hydrogen-bond acceptors (Lipinski definition) is 6. The van der Waals surface area contributed by atoms with E-state index in [0.717, 1.165) is 44.8 Å². The third kappa shape index (κ3) is 6.57. The fourth-order valence-corrected chi connectivity index (χ4v) is 3.44. The average molecular weight is 411 g/mol. The second-order valence-electron chi connectivity index (χ2n) is 7.26. The van der Waals surface area contributed by atoms with Gasteiger partial charge in [-0.25, -0.2) is 5.43 Å². The van der Waals surface area contributed by atoms with Gasteiger partial charge in [0.25, 0.3) is 0 Å². The molecule has 1 aliphatic heterocycles. The highest BCUT2D eigenvalue weighted by atomic mass is 16.5. The Hall–Kier alpha value is -2.90. The van der Waals surface area contributed by atoms with Gasteiger partial charge in [0, 0.05) is 45.7 Å². The number of rotatable bonds is 9. The second-order valence-corrected chi connectivity index (χ2v) is 7.26. The number of hydrogen-bond donors (Lipinski definition) is 1. The van der Waals surface area contributed by atoms with Crippen LogP contribution in [0.15, 0.2) is 53.6 Å². The van der Waals surface area contributed by atoms with Crippen molar-refractivity contribution < 1.29 is 14.3 Å². The fraction of sp³-hybridized carbons (Fsp3) is 0.391. The van der Waals surface area contributed by atoms with E-state index in [1.54, 1.807) is 26.5 Å². The third-order valence-electron chi connectivity index (χ3n) is 5.18. The maximum absolute atomic E-state index is 12.1. The van der Waals surface area contributed by atoms with Gasteiger partial charge in [-0.1, -0.05) is 30.3 Å². The van der Waals surface area contributed by atoms with Crippen molar-refractivity contribution in [2.45, 2.75) is 13.0 Å². The molecule has 30 heavy (non-hydrogen) atoms. The van der Waals surface area contributed by atoms with Crippen LogP contribution in [0.5, 0.6) is 11.5 Å². The number of nitrogens with zero attached hydrogens (tertiary/aromatic N) is 3. The number of piperazine rings is 1. The van der Waals surface area contributed by atoms with Crippen LogP contribution in [0.3, 0.4) is 0 Å². The lowest BCUT2D eigenvalue weighted by Crippen LogP contribution is -2.46. The first-order chi connectivity index (χ1) is 14.7. The number of hydrazone groups is 1. The summed E-state index contributed by atoms with van der Waals surface area (Å²) in [6.07, 6.45) is 2.03. The average Bonchev–Trinajstić information content (AvgIpc) is 2.79. The van der Waals surface area contributed by atoms with E-state index in [4.69, 9.17) is 9.47 Å². The van der Waals surface area contributed by atoms with Crippen molar-refractivity contribution in [2.24, 2.45) is 5.10 Å². The normalized spacial score (nSPS) is 15.3. The van der Waals surface area contributed by atoms with Gasteiger partial charge in [-0.05, 0) is 29.3 Å². The van der Waals surface area contributed by atoms with Crippen molar-refractivity contribution in [3.8, 4) is 11.5 Å².